The van der Waals surface area contributed by atoms with E-state index < -0.39 is 0 Å². The minimum Gasteiger partial charge on any atom is -0.380 e. The predicted octanol–water partition coefficient (Wildman–Crippen LogP) is 2.46. The monoisotopic (exact) mass is 348 g/mol. The lowest BCUT2D eigenvalue weighted by atomic mass is 9.90. The maximum absolute atomic E-state index is 12.4. The number of amides is 1. The number of rotatable bonds is 4. The molecule has 6 nitrogen and oxygen atoms in total. The number of ether oxygens (including phenoxy) is 1. The molecule has 25 heavy (non-hydrogen) atoms. The molecule has 0 bridgehead atoms. The van der Waals surface area contributed by atoms with Crippen LogP contribution >= 0.6 is 0 Å². The first-order chi connectivity index (χ1) is 11.9. The molecule has 1 unspecified atom stereocenters. The normalized spacial score (nSPS) is 26.3. The first-order valence-electron chi connectivity index (χ1n) is 9.44. The average molecular weight is 348 g/mol. The van der Waals surface area contributed by atoms with Crippen molar-refractivity contribution in [2.24, 2.45) is 11.3 Å². The van der Waals surface area contributed by atoms with Crippen LogP contribution in [0, 0.1) is 11.3 Å². The first-order valence-corrected chi connectivity index (χ1v) is 9.44. The molecule has 2 aliphatic rings. The van der Waals surface area contributed by atoms with Crippen LogP contribution in [0.2, 0.25) is 0 Å². The fourth-order valence-corrected chi connectivity index (χ4v) is 4.10. The van der Waals surface area contributed by atoms with Crippen molar-refractivity contribution >= 4 is 5.91 Å². The van der Waals surface area contributed by atoms with Gasteiger partial charge < -0.3 is 14.6 Å². The van der Waals surface area contributed by atoms with Gasteiger partial charge in [0.15, 0.2) is 0 Å². The Bertz CT molecular complexity index is 558. The van der Waals surface area contributed by atoms with Crippen LogP contribution in [0.4, 0.5) is 0 Å². The van der Waals surface area contributed by atoms with Crippen LogP contribution < -0.4 is 0 Å². The average Bonchev–Trinajstić information content (AvgIpc) is 3.23. The molecular formula is C19H32N4O2. The van der Waals surface area contributed by atoms with Crippen molar-refractivity contribution in [1.82, 2.24) is 19.8 Å². The Morgan fingerprint density at radius 2 is 2.08 bits per heavy atom. The van der Waals surface area contributed by atoms with Gasteiger partial charge in [0, 0.05) is 51.1 Å². The van der Waals surface area contributed by atoms with Crippen LogP contribution in [0.25, 0.3) is 0 Å². The smallest absolute Gasteiger partial charge is 0.227 e. The molecule has 0 aromatic carbocycles. The molecule has 3 heterocycles. The molecule has 0 aliphatic carbocycles. The Labute approximate surface area is 150 Å². The zero-order valence-corrected chi connectivity index (χ0v) is 16.0. The third-order valence-corrected chi connectivity index (χ3v) is 5.57. The Kier molecular flexibility index (Phi) is 5.49. The minimum atomic E-state index is -0.280. The van der Waals surface area contributed by atoms with Crippen LogP contribution in [0.1, 0.15) is 51.9 Å². The molecule has 1 amide bonds. The number of aromatic nitrogens is 2. The van der Waals surface area contributed by atoms with Crippen LogP contribution in [-0.2, 0) is 9.53 Å². The van der Waals surface area contributed by atoms with E-state index in [0.717, 1.165) is 51.3 Å². The Hall–Kier alpha value is -1.40. The van der Waals surface area contributed by atoms with Crippen molar-refractivity contribution in [3.05, 3.63) is 18.2 Å². The highest BCUT2D eigenvalue weighted by Gasteiger charge is 2.37. The zero-order valence-electron chi connectivity index (χ0n) is 16.0. The van der Waals surface area contributed by atoms with E-state index in [9.17, 15) is 4.79 Å². The highest BCUT2D eigenvalue weighted by molar-refractivity contribution is 5.81. The summed E-state index contributed by atoms with van der Waals surface area (Å²) in [5.41, 5.74) is -0.280. The molecule has 2 aliphatic heterocycles. The van der Waals surface area contributed by atoms with Crippen molar-refractivity contribution in [3.8, 4) is 0 Å². The molecule has 6 heteroatoms. The molecule has 1 aromatic heterocycles. The lowest BCUT2D eigenvalue weighted by Crippen LogP contribution is -2.45. The van der Waals surface area contributed by atoms with Gasteiger partial charge >= 0.3 is 0 Å². The van der Waals surface area contributed by atoms with Crippen LogP contribution in [0.3, 0.4) is 0 Å². The third-order valence-electron chi connectivity index (χ3n) is 5.57. The summed E-state index contributed by atoms with van der Waals surface area (Å²) in [6.45, 7) is 9.80. The highest BCUT2D eigenvalue weighted by Crippen LogP contribution is 2.33. The Morgan fingerprint density at radius 3 is 2.64 bits per heavy atom. The second kappa shape index (κ2) is 7.46. The summed E-state index contributed by atoms with van der Waals surface area (Å²) in [5, 5.41) is 0. The Balaban J connectivity index is 1.56. The third kappa shape index (κ3) is 4.23. The van der Waals surface area contributed by atoms with Gasteiger partial charge in [-0.1, -0.05) is 20.8 Å². The van der Waals surface area contributed by atoms with E-state index in [2.05, 4.69) is 14.9 Å². The fourth-order valence-electron chi connectivity index (χ4n) is 4.10. The number of carbonyl (C=O) groups excluding carboxylic acids is 1. The number of carbonyl (C=O) groups is 1. The van der Waals surface area contributed by atoms with E-state index in [1.54, 1.807) is 7.11 Å². The van der Waals surface area contributed by atoms with Gasteiger partial charge in [-0.25, -0.2) is 4.98 Å². The maximum atomic E-state index is 12.4. The van der Waals surface area contributed by atoms with Crippen LogP contribution in [-0.4, -0.2) is 65.1 Å². The molecule has 140 valence electrons. The highest BCUT2D eigenvalue weighted by atomic mass is 16.5. The van der Waals surface area contributed by atoms with Crippen LogP contribution in [0.15, 0.2) is 12.4 Å². The number of hydrogen-bond donors (Lipinski definition) is 1. The molecule has 1 aromatic rings. The maximum Gasteiger partial charge on any atom is 0.227 e. The number of aromatic amines is 1. The quantitative estimate of drug-likeness (QED) is 0.908. The van der Waals surface area contributed by atoms with Gasteiger partial charge in [0.25, 0.3) is 0 Å². The van der Waals surface area contributed by atoms with Gasteiger partial charge in [-0.3, -0.25) is 9.69 Å². The molecule has 2 atom stereocenters. The second-order valence-electron chi connectivity index (χ2n) is 8.52. The first kappa shape index (κ1) is 18.4. The van der Waals surface area contributed by atoms with Crippen LogP contribution in [0.5, 0.6) is 0 Å². The molecular weight excluding hydrogens is 316 g/mol. The zero-order chi connectivity index (χ0) is 18.0. The number of hydrogen-bond acceptors (Lipinski definition) is 4. The van der Waals surface area contributed by atoms with Crippen molar-refractivity contribution in [2.45, 2.75) is 52.2 Å². The number of nitrogens with one attached hydrogen (secondary N) is 1. The van der Waals surface area contributed by atoms with E-state index >= 15 is 0 Å². The number of piperidine rings is 1. The number of nitrogens with zero attached hydrogens (tertiary/aromatic N) is 3. The van der Waals surface area contributed by atoms with Crippen molar-refractivity contribution in [3.63, 3.8) is 0 Å². The molecule has 3 rings (SSSR count). The van der Waals surface area contributed by atoms with Crippen molar-refractivity contribution in [2.75, 3.05) is 33.3 Å². The molecule has 0 saturated carbocycles. The van der Waals surface area contributed by atoms with Gasteiger partial charge in [0.2, 0.25) is 5.91 Å². The molecule has 2 saturated heterocycles. The van der Waals surface area contributed by atoms with Crippen molar-refractivity contribution < 1.29 is 9.53 Å². The fraction of sp³-hybridized carbons (Fsp3) is 0.789. The molecule has 0 radical (unpaired) electrons. The summed E-state index contributed by atoms with van der Waals surface area (Å²) in [7, 11) is 1.80. The SMILES string of the molecule is CO[C@@H]1CC(c2ncc[nH]2)N(CC2CCN(C(=O)C(C)(C)C)CC2)C1. The number of methoxy groups -OCH3 is 1. The van der Waals surface area contributed by atoms with E-state index in [-0.39, 0.29) is 17.4 Å². The lowest BCUT2D eigenvalue weighted by molar-refractivity contribution is -0.141. The van der Waals surface area contributed by atoms with E-state index in [4.69, 9.17) is 4.74 Å². The summed E-state index contributed by atoms with van der Waals surface area (Å²) in [6.07, 6.45) is 7.15. The topological polar surface area (TPSA) is 61.5 Å². The number of H-pyrrole nitrogens is 1. The van der Waals surface area contributed by atoms with Gasteiger partial charge in [0.05, 0.1) is 12.1 Å². The molecule has 1 N–H and O–H groups in total. The summed E-state index contributed by atoms with van der Waals surface area (Å²) in [4.78, 5) is 24.7. The van der Waals surface area contributed by atoms with Gasteiger partial charge in [-0.2, -0.15) is 0 Å². The second-order valence-corrected chi connectivity index (χ2v) is 8.52. The van der Waals surface area contributed by atoms with E-state index in [1.165, 1.54) is 0 Å². The van der Waals surface area contributed by atoms with Gasteiger partial charge in [0.1, 0.15) is 5.82 Å². The summed E-state index contributed by atoms with van der Waals surface area (Å²) >= 11 is 0. The summed E-state index contributed by atoms with van der Waals surface area (Å²) in [6, 6.07) is 0.314. The minimum absolute atomic E-state index is 0.276. The predicted molar refractivity (Wildman–Crippen MR) is 97.1 cm³/mol. The van der Waals surface area contributed by atoms with E-state index in [0.29, 0.717) is 12.0 Å². The Morgan fingerprint density at radius 1 is 1.36 bits per heavy atom. The molecule has 2 fully saturated rings. The number of imidazole rings is 1. The van der Waals surface area contributed by atoms with Gasteiger partial charge in [-0.15, -0.1) is 0 Å². The van der Waals surface area contributed by atoms with Gasteiger partial charge in [-0.05, 0) is 25.2 Å². The lowest BCUT2D eigenvalue weighted by Gasteiger charge is -2.37. The summed E-state index contributed by atoms with van der Waals surface area (Å²) < 4.78 is 5.61. The largest absolute Gasteiger partial charge is 0.380 e. The standard InChI is InChI=1S/C19H32N4O2/c1-19(2,3)18(24)22-9-5-14(6-10-22)12-23-13-15(25-4)11-16(23)17-20-7-8-21-17/h7-8,14-16H,5-6,9-13H2,1-4H3,(H,20,21)/t15-,16?/m1/s1. The number of likely N-dealkylation sites (tertiary alicyclic amines) is 2. The van der Waals surface area contributed by atoms with Crippen molar-refractivity contribution in [1.29, 1.82) is 0 Å². The summed E-state index contributed by atoms with van der Waals surface area (Å²) in [5.74, 6) is 1.96. The molecule has 0 spiro atoms. The van der Waals surface area contributed by atoms with E-state index in [1.807, 2.05) is 38.1 Å².